The van der Waals surface area contributed by atoms with Gasteiger partial charge in [-0.3, -0.25) is 13.9 Å². The van der Waals surface area contributed by atoms with E-state index in [9.17, 15) is 18.0 Å². The standard InChI is InChI=1S/C25H30Cl3N3O4S/c1-16-12-19(26)10-11-23(16)31(36(3,34)35)15-24(32)30(14-18-8-9-20(27)13-22(18)28)17(2)25(33)29-21-6-4-5-7-21/h8-13,17,21H,4-7,14-15H2,1-3H3,(H,29,33). The fraction of sp³-hybridized carbons (Fsp3) is 0.440. The maximum Gasteiger partial charge on any atom is 0.244 e. The molecule has 0 bridgehead atoms. The highest BCUT2D eigenvalue weighted by Gasteiger charge is 2.32. The number of carbonyl (C=O) groups excluding carboxylic acids is 2. The van der Waals surface area contributed by atoms with Crippen LogP contribution in [0, 0.1) is 6.92 Å². The van der Waals surface area contributed by atoms with Crippen LogP contribution in [-0.2, 0) is 26.2 Å². The van der Waals surface area contributed by atoms with Crippen LogP contribution in [-0.4, -0.2) is 50.0 Å². The molecule has 0 aromatic heterocycles. The predicted octanol–water partition coefficient (Wildman–Crippen LogP) is 5.20. The van der Waals surface area contributed by atoms with Gasteiger partial charge in [0, 0.05) is 27.7 Å². The van der Waals surface area contributed by atoms with Crippen molar-refractivity contribution in [2.45, 2.75) is 58.2 Å². The van der Waals surface area contributed by atoms with Crippen molar-refractivity contribution in [3.63, 3.8) is 0 Å². The van der Waals surface area contributed by atoms with Gasteiger partial charge in [0.1, 0.15) is 12.6 Å². The summed E-state index contributed by atoms with van der Waals surface area (Å²) in [7, 11) is -3.83. The number of halogens is 3. The molecule has 0 heterocycles. The van der Waals surface area contributed by atoms with Gasteiger partial charge in [0.15, 0.2) is 0 Å². The molecule has 0 spiro atoms. The lowest BCUT2D eigenvalue weighted by Gasteiger charge is -2.32. The van der Waals surface area contributed by atoms with E-state index in [0.29, 0.717) is 31.9 Å². The van der Waals surface area contributed by atoms with Gasteiger partial charge in [0.2, 0.25) is 21.8 Å². The molecule has 3 rings (SSSR count). The van der Waals surface area contributed by atoms with Crippen molar-refractivity contribution >= 4 is 62.3 Å². The Labute approximate surface area is 227 Å². The Kier molecular flexibility index (Phi) is 9.55. The van der Waals surface area contributed by atoms with Crippen molar-refractivity contribution < 1.29 is 18.0 Å². The van der Waals surface area contributed by atoms with Gasteiger partial charge in [-0.2, -0.15) is 0 Å². The third-order valence-corrected chi connectivity index (χ3v) is 8.28. The highest BCUT2D eigenvalue weighted by Crippen LogP contribution is 2.27. The molecule has 0 aliphatic heterocycles. The van der Waals surface area contributed by atoms with Crippen LogP contribution in [0.25, 0.3) is 0 Å². The monoisotopic (exact) mass is 573 g/mol. The van der Waals surface area contributed by atoms with Gasteiger partial charge in [-0.15, -0.1) is 0 Å². The van der Waals surface area contributed by atoms with Gasteiger partial charge in [-0.1, -0.05) is 53.7 Å². The largest absolute Gasteiger partial charge is 0.352 e. The number of hydrogen-bond acceptors (Lipinski definition) is 4. The van der Waals surface area contributed by atoms with Crippen molar-refractivity contribution in [1.29, 1.82) is 0 Å². The number of sulfonamides is 1. The minimum absolute atomic E-state index is 0.00525. The molecule has 1 aliphatic carbocycles. The van der Waals surface area contributed by atoms with Crippen LogP contribution in [0.5, 0.6) is 0 Å². The lowest BCUT2D eigenvalue weighted by molar-refractivity contribution is -0.139. The zero-order valence-electron chi connectivity index (χ0n) is 20.4. The summed E-state index contributed by atoms with van der Waals surface area (Å²) < 4.78 is 26.5. The third kappa shape index (κ3) is 7.28. The molecular weight excluding hydrogens is 545 g/mol. The SMILES string of the molecule is Cc1cc(Cl)ccc1N(CC(=O)N(Cc1ccc(Cl)cc1Cl)C(C)C(=O)NC1CCCC1)S(C)(=O)=O. The number of aryl methyl sites for hydroxylation is 1. The molecule has 1 saturated carbocycles. The molecule has 1 N–H and O–H groups in total. The first-order chi connectivity index (χ1) is 16.9. The molecule has 1 unspecified atom stereocenters. The van der Waals surface area contributed by atoms with E-state index in [2.05, 4.69) is 5.32 Å². The lowest BCUT2D eigenvalue weighted by atomic mass is 10.1. The molecule has 2 aromatic rings. The van der Waals surface area contributed by atoms with Crippen LogP contribution in [0.1, 0.15) is 43.7 Å². The molecule has 1 aliphatic rings. The fourth-order valence-electron chi connectivity index (χ4n) is 4.30. The maximum atomic E-state index is 13.7. The van der Waals surface area contributed by atoms with E-state index in [-0.39, 0.29) is 18.5 Å². The van der Waals surface area contributed by atoms with E-state index in [4.69, 9.17) is 34.8 Å². The van der Waals surface area contributed by atoms with Crippen LogP contribution < -0.4 is 9.62 Å². The topological polar surface area (TPSA) is 86.8 Å². The summed E-state index contributed by atoms with van der Waals surface area (Å²) in [4.78, 5) is 28.1. The smallest absolute Gasteiger partial charge is 0.244 e. The summed E-state index contributed by atoms with van der Waals surface area (Å²) in [6.07, 6.45) is 4.92. The third-order valence-electron chi connectivity index (χ3n) is 6.33. The molecule has 1 fully saturated rings. The van der Waals surface area contributed by atoms with Crippen molar-refractivity contribution in [2.24, 2.45) is 0 Å². The molecule has 11 heteroatoms. The van der Waals surface area contributed by atoms with E-state index in [1.54, 1.807) is 50.2 Å². The van der Waals surface area contributed by atoms with Crippen LogP contribution in [0.15, 0.2) is 36.4 Å². The first kappa shape index (κ1) is 28.6. The summed E-state index contributed by atoms with van der Waals surface area (Å²) in [5, 5.41) is 4.26. The minimum atomic E-state index is -3.83. The zero-order chi connectivity index (χ0) is 26.6. The molecule has 196 valence electrons. The first-order valence-corrected chi connectivity index (χ1v) is 14.6. The molecule has 2 aromatic carbocycles. The number of benzene rings is 2. The summed E-state index contributed by atoms with van der Waals surface area (Å²) >= 11 is 18.4. The van der Waals surface area contributed by atoms with E-state index in [1.165, 1.54) is 4.90 Å². The van der Waals surface area contributed by atoms with Crippen molar-refractivity contribution in [1.82, 2.24) is 10.2 Å². The van der Waals surface area contributed by atoms with E-state index < -0.39 is 28.5 Å². The van der Waals surface area contributed by atoms with E-state index in [0.717, 1.165) is 36.2 Å². The van der Waals surface area contributed by atoms with Gasteiger partial charge < -0.3 is 10.2 Å². The molecule has 2 amide bonds. The minimum Gasteiger partial charge on any atom is -0.352 e. The van der Waals surface area contributed by atoms with Gasteiger partial charge in [-0.25, -0.2) is 8.42 Å². The number of anilines is 1. The normalized spacial score (nSPS) is 14.9. The quantitative estimate of drug-likeness (QED) is 0.446. The Hall–Kier alpha value is -2.00. The van der Waals surface area contributed by atoms with Crippen molar-refractivity contribution in [3.8, 4) is 0 Å². The summed E-state index contributed by atoms with van der Waals surface area (Å²) in [5.74, 6) is -0.844. The molecule has 0 radical (unpaired) electrons. The van der Waals surface area contributed by atoms with E-state index >= 15 is 0 Å². The van der Waals surface area contributed by atoms with Gasteiger partial charge in [-0.05, 0) is 68.1 Å². The Bertz CT molecular complexity index is 1230. The first-order valence-electron chi connectivity index (χ1n) is 11.6. The fourth-order valence-corrected chi connectivity index (χ4v) is 5.90. The summed E-state index contributed by atoms with van der Waals surface area (Å²) in [5.41, 5.74) is 1.52. The Morgan fingerprint density at radius 3 is 2.25 bits per heavy atom. The van der Waals surface area contributed by atoms with Crippen LogP contribution in [0.2, 0.25) is 15.1 Å². The van der Waals surface area contributed by atoms with Gasteiger partial charge in [0.25, 0.3) is 0 Å². The number of nitrogens with one attached hydrogen (secondary N) is 1. The Balaban J connectivity index is 1.93. The summed E-state index contributed by atoms with van der Waals surface area (Å²) in [6.45, 7) is 2.86. The van der Waals surface area contributed by atoms with Crippen LogP contribution in [0.3, 0.4) is 0 Å². The second kappa shape index (κ2) is 12.0. The number of hydrogen-bond donors (Lipinski definition) is 1. The number of nitrogens with zero attached hydrogens (tertiary/aromatic N) is 2. The molecule has 1 atom stereocenters. The second-order valence-corrected chi connectivity index (χ2v) is 12.3. The Morgan fingerprint density at radius 1 is 1.06 bits per heavy atom. The number of amides is 2. The highest BCUT2D eigenvalue weighted by molar-refractivity contribution is 7.92. The van der Waals surface area contributed by atoms with Crippen molar-refractivity contribution in [3.05, 3.63) is 62.6 Å². The molecule has 36 heavy (non-hydrogen) atoms. The summed E-state index contributed by atoms with van der Waals surface area (Å²) in [6, 6.07) is 8.85. The van der Waals surface area contributed by atoms with Crippen LogP contribution >= 0.6 is 34.8 Å². The highest BCUT2D eigenvalue weighted by atomic mass is 35.5. The molecule has 7 nitrogen and oxygen atoms in total. The molecule has 0 saturated heterocycles. The zero-order valence-corrected chi connectivity index (χ0v) is 23.5. The second-order valence-electron chi connectivity index (χ2n) is 9.12. The lowest BCUT2D eigenvalue weighted by Crippen LogP contribution is -2.52. The predicted molar refractivity (Wildman–Crippen MR) is 145 cm³/mol. The number of rotatable bonds is 9. The van der Waals surface area contributed by atoms with Gasteiger partial charge in [0.05, 0.1) is 11.9 Å². The Morgan fingerprint density at radius 2 is 1.67 bits per heavy atom. The molecular formula is C25H30Cl3N3O4S. The van der Waals surface area contributed by atoms with Crippen LogP contribution in [0.4, 0.5) is 5.69 Å². The maximum absolute atomic E-state index is 13.7. The van der Waals surface area contributed by atoms with Crippen molar-refractivity contribution in [2.75, 3.05) is 17.1 Å². The average molecular weight is 575 g/mol. The average Bonchev–Trinajstić information content (AvgIpc) is 3.29. The number of carbonyl (C=O) groups is 2. The van der Waals surface area contributed by atoms with Gasteiger partial charge >= 0.3 is 0 Å². The van der Waals surface area contributed by atoms with E-state index in [1.807, 2.05) is 0 Å².